The summed E-state index contributed by atoms with van der Waals surface area (Å²) in [6.07, 6.45) is 3.09. The molecule has 1 aliphatic heterocycles. The predicted molar refractivity (Wildman–Crippen MR) is 35.4 cm³/mol. The number of hydrogen-bond donors (Lipinski definition) is 1. The van der Waals surface area contributed by atoms with E-state index in [1.54, 1.807) is 0 Å². The number of aliphatic imine (C=N–C) groups is 1. The number of nitrogens with zero attached hydrogens (tertiary/aromatic N) is 1. The molecule has 1 rings (SSSR count). The molecule has 46 valence electrons. The van der Waals surface area contributed by atoms with Crippen LogP contribution in [0.15, 0.2) is 4.99 Å². The third kappa shape index (κ3) is 1.62. The van der Waals surface area contributed by atoms with Gasteiger partial charge < -0.3 is 5.32 Å². The van der Waals surface area contributed by atoms with E-state index in [2.05, 4.69) is 17.2 Å². The van der Waals surface area contributed by atoms with Crippen LogP contribution in [-0.4, -0.2) is 25.3 Å². The summed E-state index contributed by atoms with van der Waals surface area (Å²) in [7, 11) is 0. The smallest absolute Gasteiger partial charge is 0.0510 e. The van der Waals surface area contributed by atoms with E-state index in [1.807, 2.05) is 6.21 Å². The first kappa shape index (κ1) is 5.76. The third-order valence-electron chi connectivity index (χ3n) is 1.32. The molecule has 1 atom stereocenters. The first-order valence-electron chi connectivity index (χ1n) is 3.11. The van der Waals surface area contributed by atoms with Crippen molar-refractivity contribution in [2.45, 2.75) is 19.4 Å². The van der Waals surface area contributed by atoms with Crippen LogP contribution in [0, 0.1) is 0 Å². The molecule has 0 aromatic heterocycles. The topological polar surface area (TPSA) is 24.4 Å². The molecule has 0 amide bonds. The van der Waals surface area contributed by atoms with Gasteiger partial charge in [0.25, 0.3) is 0 Å². The highest BCUT2D eigenvalue weighted by Crippen LogP contribution is 1.89. The maximum absolute atomic E-state index is 4.13. The highest BCUT2D eigenvalue weighted by molar-refractivity contribution is 5.58. The van der Waals surface area contributed by atoms with Gasteiger partial charge in [-0.15, -0.1) is 0 Å². The maximum Gasteiger partial charge on any atom is 0.0510 e. The molecule has 0 spiro atoms. The van der Waals surface area contributed by atoms with Gasteiger partial charge in [0.05, 0.1) is 6.54 Å². The Bertz CT molecular complexity index is 88.5. The van der Waals surface area contributed by atoms with Gasteiger partial charge in [-0.05, 0) is 13.3 Å². The van der Waals surface area contributed by atoms with Crippen LogP contribution >= 0.6 is 0 Å². The minimum absolute atomic E-state index is 0.626. The van der Waals surface area contributed by atoms with Gasteiger partial charge in [0.15, 0.2) is 0 Å². The molecule has 0 aliphatic carbocycles. The lowest BCUT2D eigenvalue weighted by Crippen LogP contribution is -2.26. The lowest BCUT2D eigenvalue weighted by molar-refractivity contribution is 0.588. The van der Waals surface area contributed by atoms with Crippen LogP contribution in [0.3, 0.4) is 0 Å². The summed E-state index contributed by atoms with van der Waals surface area (Å²) in [6, 6.07) is 0.626. The summed E-state index contributed by atoms with van der Waals surface area (Å²) in [6.45, 7) is 4.17. The average Bonchev–Trinajstić information content (AvgIpc) is 1.94. The quantitative estimate of drug-likeness (QED) is 0.483. The van der Waals surface area contributed by atoms with Crippen LogP contribution in [0.2, 0.25) is 0 Å². The average molecular weight is 112 g/mol. The monoisotopic (exact) mass is 112 g/mol. The van der Waals surface area contributed by atoms with Crippen molar-refractivity contribution in [3.63, 3.8) is 0 Å². The zero-order valence-electron chi connectivity index (χ0n) is 5.22. The molecular formula is C6H12N2. The molecule has 1 N–H and O–H groups in total. The number of hydrogen-bond acceptors (Lipinski definition) is 2. The van der Waals surface area contributed by atoms with Gasteiger partial charge in [0.1, 0.15) is 0 Å². The maximum atomic E-state index is 4.13. The molecule has 0 aromatic carbocycles. The molecule has 0 bridgehead atoms. The Balaban J connectivity index is 2.30. The first-order chi connectivity index (χ1) is 3.89. The fourth-order valence-corrected chi connectivity index (χ4v) is 0.783. The van der Waals surface area contributed by atoms with E-state index >= 15 is 0 Å². The molecule has 0 aromatic rings. The second-order valence-corrected chi connectivity index (χ2v) is 2.18. The molecule has 0 radical (unpaired) electrons. The minimum atomic E-state index is 0.626. The summed E-state index contributed by atoms with van der Waals surface area (Å²) in [5, 5.41) is 3.32. The standard InChI is InChI=1S/C6H12N2/c1-6-2-3-7-4-5-8-6/h3,6,8H,2,4-5H2,1H3. The number of nitrogens with one attached hydrogen (secondary N) is 1. The fourth-order valence-electron chi connectivity index (χ4n) is 0.783. The normalized spacial score (nSPS) is 29.9. The van der Waals surface area contributed by atoms with Gasteiger partial charge in [0.2, 0.25) is 0 Å². The Labute approximate surface area is 50.0 Å². The van der Waals surface area contributed by atoms with Gasteiger partial charge in [0, 0.05) is 18.8 Å². The van der Waals surface area contributed by atoms with Gasteiger partial charge in [-0.1, -0.05) is 0 Å². The van der Waals surface area contributed by atoms with Crippen LogP contribution in [0.25, 0.3) is 0 Å². The van der Waals surface area contributed by atoms with Crippen molar-refractivity contribution in [2.75, 3.05) is 13.1 Å². The van der Waals surface area contributed by atoms with Crippen molar-refractivity contribution in [2.24, 2.45) is 4.99 Å². The molecule has 0 saturated heterocycles. The van der Waals surface area contributed by atoms with Crippen molar-refractivity contribution in [1.29, 1.82) is 0 Å². The zero-order chi connectivity index (χ0) is 5.82. The van der Waals surface area contributed by atoms with Crippen molar-refractivity contribution >= 4 is 6.21 Å². The van der Waals surface area contributed by atoms with E-state index in [1.165, 1.54) is 0 Å². The van der Waals surface area contributed by atoms with Crippen molar-refractivity contribution in [3.05, 3.63) is 0 Å². The molecular weight excluding hydrogens is 100 g/mol. The Morgan fingerprint density at radius 2 is 2.62 bits per heavy atom. The predicted octanol–water partition coefficient (Wildman–Crippen LogP) is 0.439. The van der Waals surface area contributed by atoms with Crippen molar-refractivity contribution < 1.29 is 0 Å². The fraction of sp³-hybridized carbons (Fsp3) is 0.833. The highest BCUT2D eigenvalue weighted by Gasteiger charge is 1.99. The summed E-state index contributed by atoms with van der Waals surface area (Å²) >= 11 is 0. The summed E-state index contributed by atoms with van der Waals surface area (Å²) in [4.78, 5) is 4.13. The van der Waals surface area contributed by atoms with Crippen molar-refractivity contribution in [3.8, 4) is 0 Å². The van der Waals surface area contributed by atoms with E-state index in [0.29, 0.717) is 6.04 Å². The van der Waals surface area contributed by atoms with E-state index in [0.717, 1.165) is 19.5 Å². The molecule has 8 heavy (non-hydrogen) atoms. The van der Waals surface area contributed by atoms with Crippen LogP contribution in [-0.2, 0) is 0 Å². The summed E-state index contributed by atoms with van der Waals surface area (Å²) in [5.41, 5.74) is 0. The second kappa shape index (κ2) is 2.82. The summed E-state index contributed by atoms with van der Waals surface area (Å²) < 4.78 is 0. The largest absolute Gasteiger partial charge is 0.312 e. The molecule has 0 saturated carbocycles. The SMILES string of the molecule is CC1CC=NCCN1. The molecule has 0 fully saturated rings. The van der Waals surface area contributed by atoms with E-state index < -0.39 is 0 Å². The molecule has 1 aliphatic rings. The minimum Gasteiger partial charge on any atom is -0.312 e. The van der Waals surface area contributed by atoms with Crippen LogP contribution in [0.5, 0.6) is 0 Å². The molecule has 1 unspecified atom stereocenters. The number of rotatable bonds is 0. The Morgan fingerprint density at radius 3 is 3.50 bits per heavy atom. The lowest BCUT2D eigenvalue weighted by atomic mass is 10.3. The zero-order valence-corrected chi connectivity index (χ0v) is 5.22. The molecule has 2 heteroatoms. The Kier molecular flexibility index (Phi) is 2.03. The van der Waals surface area contributed by atoms with Crippen LogP contribution in [0.1, 0.15) is 13.3 Å². The Hall–Kier alpha value is -0.370. The molecule has 1 heterocycles. The van der Waals surface area contributed by atoms with Gasteiger partial charge in [-0.2, -0.15) is 0 Å². The van der Waals surface area contributed by atoms with E-state index in [-0.39, 0.29) is 0 Å². The second-order valence-electron chi connectivity index (χ2n) is 2.18. The highest BCUT2D eigenvalue weighted by atomic mass is 14.9. The van der Waals surface area contributed by atoms with Gasteiger partial charge in [-0.25, -0.2) is 0 Å². The third-order valence-corrected chi connectivity index (χ3v) is 1.32. The molecule has 2 nitrogen and oxygen atoms in total. The van der Waals surface area contributed by atoms with E-state index in [4.69, 9.17) is 0 Å². The van der Waals surface area contributed by atoms with E-state index in [9.17, 15) is 0 Å². The van der Waals surface area contributed by atoms with Gasteiger partial charge in [-0.3, -0.25) is 4.99 Å². The Morgan fingerprint density at radius 1 is 1.75 bits per heavy atom. The van der Waals surface area contributed by atoms with Crippen LogP contribution < -0.4 is 5.32 Å². The summed E-state index contributed by atoms with van der Waals surface area (Å²) in [5.74, 6) is 0. The first-order valence-corrected chi connectivity index (χ1v) is 3.11. The lowest BCUT2D eigenvalue weighted by Gasteiger charge is -2.04. The van der Waals surface area contributed by atoms with Crippen molar-refractivity contribution in [1.82, 2.24) is 5.32 Å². The van der Waals surface area contributed by atoms with Crippen LogP contribution in [0.4, 0.5) is 0 Å². The van der Waals surface area contributed by atoms with Gasteiger partial charge >= 0.3 is 0 Å².